The van der Waals surface area contributed by atoms with Gasteiger partial charge in [-0.2, -0.15) is 0 Å². The largest absolute Gasteiger partial charge is 0.494 e. The molecule has 0 radical (unpaired) electrons. The van der Waals surface area contributed by atoms with Crippen molar-refractivity contribution in [3.05, 3.63) is 30.3 Å². The maximum atomic E-state index is 5.67. The lowest BCUT2D eigenvalue weighted by molar-refractivity contribution is 0.310. The molecule has 90 valence electrons. The van der Waals surface area contributed by atoms with Crippen molar-refractivity contribution in [2.75, 3.05) is 17.7 Å². The van der Waals surface area contributed by atoms with Crippen molar-refractivity contribution in [2.45, 2.75) is 12.8 Å². The molecule has 2 N–H and O–H groups in total. The van der Waals surface area contributed by atoms with Crippen LogP contribution in [0.2, 0.25) is 0 Å². The maximum absolute atomic E-state index is 5.67. The van der Waals surface area contributed by atoms with Crippen LogP contribution in [0.5, 0.6) is 5.75 Å². The van der Waals surface area contributed by atoms with Gasteiger partial charge in [-0.15, -0.1) is 0 Å². The summed E-state index contributed by atoms with van der Waals surface area (Å²) in [6.07, 6.45) is 2.19. The van der Waals surface area contributed by atoms with E-state index in [1.807, 2.05) is 24.3 Å². The summed E-state index contributed by atoms with van der Waals surface area (Å²) in [6, 6.07) is 9.63. The van der Waals surface area contributed by atoms with E-state index in [1.54, 1.807) is 6.07 Å². The van der Waals surface area contributed by atoms with Gasteiger partial charge in [-0.25, -0.2) is 4.98 Å². The van der Waals surface area contributed by atoms with Gasteiger partial charge < -0.3 is 10.5 Å². The number of unbranched alkanes of at least 4 members (excludes halogenated alkanes) is 1. The Labute approximate surface area is 109 Å². The van der Waals surface area contributed by atoms with Gasteiger partial charge in [-0.05, 0) is 43.2 Å². The molecule has 3 nitrogen and oxygen atoms in total. The zero-order chi connectivity index (χ0) is 12.1. The fourth-order valence-corrected chi connectivity index (χ4v) is 1.99. The predicted molar refractivity (Wildman–Crippen MR) is 74.7 cm³/mol. The van der Waals surface area contributed by atoms with Crippen LogP contribution < -0.4 is 10.5 Å². The minimum atomic E-state index is 0.545. The second-order valence-corrected chi connectivity index (χ2v) is 4.63. The van der Waals surface area contributed by atoms with Crippen LogP contribution in [0.3, 0.4) is 0 Å². The summed E-state index contributed by atoms with van der Waals surface area (Å²) in [7, 11) is 0. The first-order valence-electron chi connectivity index (χ1n) is 5.64. The number of nitrogen functional groups attached to an aromatic ring is 1. The Morgan fingerprint density at radius 3 is 2.88 bits per heavy atom. The third kappa shape index (κ3) is 3.33. The Morgan fingerprint density at radius 2 is 2.06 bits per heavy atom. The van der Waals surface area contributed by atoms with Gasteiger partial charge in [0.2, 0.25) is 0 Å². The zero-order valence-electron chi connectivity index (χ0n) is 9.53. The van der Waals surface area contributed by atoms with Gasteiger partial charge >= 0.3 is 0 Å². The van der Waals surface area contributed by atoms with Gasteiger partial charge in [0.15, 0.2) is 0 Å². The van der Waals surface area contributed by atoms with Crippen LogP contribution in [0, 0.1) is 0 Å². The molecule has 1 heterocycles. The molecule has 0 aliphatic rings. The molecular formula is C13H15BrN2O. The molecule has 0 atom stereocenters. The van der Waals surface area contributed by atoms with Crippen LogP contribution in [0.15, 0.2) is 30.3 Å². The Hall–Kier alpha value is -1.29. The van der Waals surface area contributed by atoms with E-state index in [2.05, 4.69) is 20.9 Å². The number of benzene rings is 1. The van der Waals surface area contributed by atoms with Crippen LogP contribution in [0.4, 0.5) is 5.82 Å². The molecule has 1 aromatic heterocycles. The first-order chi connectivity index (χ1) is 8.29. The first kappa shape index (κ1) is 12.2. The number of nitrogens with zero attached hydrogens (tertiary/aromatic N) is 1. The molecule has 2 aromatic rings. The molecule has 0 amide bonds. The van der Waals surface area contributed by atoms with Gasteiger partial charge in [-0.3, -0.25) is 0 Å². The number of aromatic nitrogens is 1. The van der Waals surface area contributed by atoms with E-state index in [1.165, 1.54) is 0 Å². The van der Waals surface area contributed by atoms with Crippen molar-refractivity contribution in [2.24, 2.45) is 0 Å². The average Bonchev–Trinajstić information content (AvgIpc) is 2.35. The third-order valence-electron chi connectivity index (χ3n) is 2.48. The van der Waals surface area contributed by atoms with E-state index in [9.17, 15) is 0 Å². The highest BCUT2D eigenvalue weighted by molar-refractivity contribution is 9.09. The van der Waals surface area contributed by atoms with E-state index in [0.717, 1.165) is 41.4 Å². The molecule has 4 heteroatoms. The minimum absolute atomic E-state index is 0.545. The molecule has 0 unspecified atom stereocenters. The Bertz CT molecular complexity index is 502. The monoisotopic (exact) mass is 294 g/mol. The summed E-state index contributed by atoms with van der Waals surface area (Å²) in [5.41, 5.74) is 6.53. The van der Waals surface area contributed by atoms with Crippen LogP contribution in [-0.4, -0.2) is 16.9 Å². The molecule has 0 bridgehead atoms. The van der Waals surface area contributed by atoms with Crippen LogP contribution in [-0.2, 0) is 0 Å². The average molecular weight is 295 g/mol. The lowest BCUT2D eigenvalue weighted by Crippen LogP contribution is -1.97. The third-order valence-corrected chi connectivity index (χ3v) is 3.04. The van der Waals surface area contributed by atoms with Crippen molar-refractivity contribution in [3.8, 4) is 5.75 Å². The van der Waals surface area contributed by atoms with E-state index >= 15 is 0 Å². The molecule has 0 fully saturated rings. The lowest BCUT2D eigenvalue weighted by Gasteiger charge is -2.06. The highest BCUT2D eigenvalue weighted by Crippen LogP contribution is 2.20. The van der Waals surface area contributed by atoms with Gasteiger partial charge in [-0.1, -0.05) is 15.9 Å². The standard InChI is InChI=1S/C13H15BrN2O/c14-7-1-2-8-17-11-4-5-12-10(9-11)3-6-13(15)16-12/h3-6,9H,1-2,7-8H2,(H2,15,16). The van der Waals surface area contributed by atoms with Crippen molar-refractivity contribution in [1.82, 2.24) is 4.98 Å². The molecule has 0 aliphatic carbocycles. The number of anilines is 1. The molecule has 0 saturated heterocycles. The molecular weight excluding hydrogens is 280 g/mol. The second kappa shape index (κ2) is 5.87. The number of halogens is 1. The molecule has 0 aliphatic heterocycles. The van der Waals surface area contributed by atoms with Gasteiger partial charge in [0, 0.05) is 10.7 Å². The number of ether oxygens (including phenoxy) is 1. The number of fused-ring (bicyclic) bond motifs is 1. The van der Waals surface area contributed by atoms with Gasteiger partial charge in [0.25, 0.3) is 0 Å². The number of hydrogen-bond acceptors (Lipinski definition) is 3. The highest BCUT2D eigenvalue weighted by Gasteiger charge is 1.99. The molecule has 1 aromatic carbocycles. The quantitative estimate of drug-likeness (QED) is 0.679. The molecule has 0 saturated carbocycles. The van der Waals surface area contributed by atoms with Gasteiger partial charge in [0.1, 0.15) is 11.6 Å². The molecule has 0 spiro atoms. The normalized spacial score (nSPS) is 10.6. The van der Waals surface area contributed by atoms with E-state index < -0.39 is 0 Å². The second-order valence-electron chi connectivity index (χ2n) is 3.84. The Balaban J connectivity index is 2.07. The Kier molecular flexibility index (Phi) is 4.20. The van der Waals surface area contributed by atoms with E-state index in [4.69, 9.17) is 10.5 Å². The van der Waals surface area contributed by atoms with Crippen molar-refractivity contribution in [3.63, 3.8) is 0 Å². The Morgan fingerprint density at radius 1 is 1.18 bits per heavy atom. The minimum Gasteiger partial charge on any atom is -0.494 e. The number of rotatable bonds is 5. The van der Waals surface area contributed by atoms with Crippen LogP contribution in [0.1, 0.15) is 12.8 Å². The summed E-state index contributed by atoms with van der Waals surface area (Å²) in [4.78, 5) is 4.24. The number of pyridine rings is 1. The van der Waals surface area contributed by atoms with Crippen LogP contribution in [0.25, 0.3) is 10.9 Å². The summed E-state index contributed by atoms with van der Waals surface area (Å²) in [5, 5.41) is 2.08. The SMILES string of the molecule is Nc1ccc2cc(OCCCCBr)ccc2n1. The molecule has 17 heavy (non-hydrogen) atoms. The summed E-state index contributed by atoms with van der Waals surface area (Å²) in [6.45, 7) is 0.750. The van der Waals surface area contributed by atoms with E-state index in [-0.39, 0.29) is 0 Å². The lowest BCUT2D eigenvalue weighted by atomic mass is 10.2. The maximum Gasteiger partial charge on any atom is 0.124 e. The van der Waals surface area contributed by atoms with E-state index in [0.29, 0.717) is 5.82 Å². The molecule has 2 rings (SSSR count). The number of hydrogen-bond donors (Lipinski definition) is 1. The van der Waals surface area contributed by atoms with Crippen LogP contribution >= 0.6 is 15.9 Å². The fourth-order valence-electron chi connectivity index (χ4n) is 1.60. The van der Waals surface area contributed by atoms with Gasteiger partial charge in [0.05, 0.1) is 12.1 Å². The number of alkyl halides is 1. The zero-order valence-corrected chi connectivity index (χ0v) is 11.1. The van der Waals surface area contributed by atoms with Crippen molar-refractivity contribution in [1.29, 1.82) is 0 Å². The van der Waals surface area contributed by atoms with Crippen molar-refractivity contribution < 1.29 is 4.74 Å². The fraction of sp³-hybridized carbons (Fsp3) is 0.308. The summed E-state index contributed by atoms with van der Waals surface area (Å²) in [5.74, 6) is 1.43. The highest BCUT2D eigenvalue weighted by atomic mass is 79.9. The summed E-state index contributed by atoms with van der Waals surface area (Å²) >= 11 is 3.40. The summed E-state index contributed by atoms with van der Waals surface area (Å²) < 4.78 is 5.67. The number of nitrogens with two attached hydrogens (primary N) is 1. The van der Waals surface area contributed by atoms with Crippen molar-refractivity contribution >= 4 is 32.7 Å². The first-order valence-corrected chi connectivity index (χ1v) is 6.77. The smallest absolute Gasteiger partial charge is 0.124 e. The topological polar surface area (TPSA) is 48.1 Å². The predicted octanol–water partition coefficient (Wildman–Crippen LogP) is 3.37.